The van der Waals surface area contributed by atoms with E-state index < -0.39 is 0 Å². The molecule has 0 fully saturated rings. The van der Waals surface area contributed by atoms with Gasteiger partial charge in [0.2, 0.25) is 0 Å². The molecule has 0 radical (unpaired) electrons. The molecule has 0 saturated carbocycles. The van der Waals surface area contributed by atoms with Crippen LogP contribution in [-0.4, -0.2) is 20.3 Å². The number of aryl methyl sites for hydroxylation is 2. The van der Waals surface area contributed by atoms with Gasteiger partial charge in [0.15, 0.2) is 0 Å². The molecule has 0 saturated heterocycles. The normalized spacial score (nSPS) is 10.9. The number of aromatic nitrogens is 3. The molecule has 5 heteroatoms. The summed E-state index contributed by atoms with van der Waals surface area (Å²) in [6.45, 7) is 2.79. The standard InChI is InChI=1S/C15H16N4O/c1-3-19-9-11(8-16-19)17-15(20)13-10-18(2)14-7-5-4-6-12(13)14/h4-10H,3H2,1-2H3,(H,17,20). The van der Waals surface area contributed by atoms with E-state index in [1.54, 1.807) is 10.9 Å². The zero-order valence-electron chi connectivity index (χ0n) is 11.5. The van der Waals surface area contributed by atoms with E-state index >= 15 is 0 Å². The smallest absolute Gasteiger partial charge is 0.257 e. The summed E-state index contributed by atoms with van der Waals surface area (Å²) in [5, 5.41) is 7.98. The molecule has 102 valence electrons. The molecule has 1 amide bonds. The first kappa shape index (κ1) is 12.5. The van der Waals surface area contributed by atoms with Crippen molar-refractivity contribution in [1.29, 1.82) is 0 Å². The third-order valence-corrected chi connectivity index (χ3v) is 3.36. The van der Waals surface area contributed by atoms with Crippen LogP contribution >= 0.6 is 0 Å². The van der Waals surface area contributed by atoms with Crippen molar-refractivity contribution in [2.75, 3.05) is 5.32 Å². The van der Waals surface area contributed by atoms with Crippen LogP contribution in [-0.2, 0) is 13.6 Å². The number of carbonyl (C=O) groups is 1. The molecular weight excluding hydrogens is 252 g/mol. The number of para-hydroxylation sites is 1. The van der Waals surface area contributed by atoms with Crippen molar-refractivity contribution >= 4 is 22.5 Å². The average molecular weight is 268 g/mol. The van der Waals surface area contributed by atoms with Crippen LogP contribution < -0.4 is 5.32 Å². The van der Waals surface area contributed by atoms with Gasteiger partial charge >= 0.3 is 0 Å². The lowest BCUT2D eigenvalue weighted by Gasteiger charge is -2.00. The number of carbonyl (C=O) groups excluding carboxylic acids is 1. The van der Waals surface area contributed by atoms with Crippen LogP contribution in [0.2, 0.25) is 0 Å². The Morgan fingerprint density at radius 3 is 2.85 bits per heavy atom. The lowest BCUT2D eigenvalue weighted by molar-refractivity contribution is 0.102. The molecule has 3 aromatic rings. The summed E-state index contributed by atoms with van der Waals surface area (Å²) in [5.74, 6) is -0.113. The molecule has 20 heavy (non-hydrogen) atoms. The first-order chi connectivity index (χ1) is 9.69. The van der Waals surface area contributed by atoms with Crippen LogP contribution in [0.1, 0.15) is 17.3 Å². The minimum atomic E-state index is -0.113. The number of rotatable bonds is 3. The van der Waals surface area contributed by atoms with E-state index in [2.05, 4.69) is 10.4 Å². The Labute approximate surface area is 116 Å². The fraction of sp³-hybridized carbons (Fsp3) is 0.200. The minimum Gasteiger partial charge on any atom is -0.350 e. The van der Waals surface area contributed by atoms with Gasteiger partial charge in [0.25, 0.3) is 5.91 Å². The molecule has 2 aromatic heterocycles. The molecule has 5 nitrogen and oxygen atoms in total. The molecule has 2 heterocycles. The molecular formula is C15H16N4O. The predicted molar refractivity (Wildman–Crippen MR) is 78.8 cm³/mol. The molecule has 0 bridgehead atoms. The summed E-state index contributed by atoms with van der Waals surface area (Å²) >= 11 is 0. The SMILES string of the molecule is CCn1cc(NC(=O)c2cn(C)c3ccccc23)cn1. The first-order valence-electron chi connectivity index (χ1n) is 6.57. The van der Waals surface area contributed by atoms with Crippen molar-refractivity contribution in [3.8, 4) is 0 Å². The number of nitrogens with zero attached hydrogens (tertiary/aromatic N) is 3. The van der Waals surface area contributed by atoms with E-state index in [1.807, 2.05) is 55.2 Å². The molecule has 3 rings (SSSR count). The summed E-state index contributed by atoms with van der Waals surface area (Å²) in [6, 6.07) is 7.87. The van der Waals surface area contributed by atoms with E-state index in [4.69, 9.17) is 0 Å². The Balaban J connectivity index is 1.92. The van der Waals surface area contributed by atoms with Gasteiger partial charge in [-0.15, -0.1) is 0 Å². The number of fused-ring (bicyclic) bond motifs is 1. The maximum atomic E-state index is 12.4. The molecule has 0 atom stereocenters. The van der Waals surface area contributed by atoms with Crippen LogP contribution in [0.5, 0.6) is 0 Å². The van der Waals surface area contributed by atoms with Gasteiger partial charge in [-0.25, -0.2) is 0 Å². The molecule has 0 spiro atoms. The van der Waals surface area contributed by atoms with Gasteiger partial charge in [-0.3, -0.25) is 9.48 Å². The van der Waals surface area contributed by atoms with Gasteiger partial charge < -0.3 is 9.88 Å². The van der Waals surface area contributed by atoms with E-state index in [0.717, 1.165) is 17.4 Å². The second kappa shape index (κ2) is 4.85. The number of amides is 1. The molecule has 0 aliphatic carbocycles. The number of hydrogen-bond acceptors (Lipinski definition) is 2. The number of hydrogen-bond donors (Lipinski definition) is 1. The number of benzene rings is 1. The number of anilines is 1. The van der Waals surface area contributed by atoms with Crippen molar-refractivity contribution < 1.29 is 4.79 Å². The maximum absolute atomic E-state index is 12.4. The van der Waals surface area contributed by atoms with Crippen LogP contribution in [0.15, 0.2) is 42.9 Å². The van der Waals surface area contributed by atoms with Gasteiger partial charge in [-0.2, -0.15) is 5.10 Å². The summed E-state index contributed by atoms with van der Waals surface area (Å²) in [7, 11) is 1.94. The fourth-order valence-corrected chi connectivity index (χ4v) is 2.32. The van der Waals surface area contributed by atoms with Crippen molar-refractivity contribution in [2.45, 2.75) is 13.5 Å². The van der Waals surface area contributed by atoms with Crippen molar-refractivity contribution in [2.24, 2.45) is 7.05 Å². The second-order valence-corrected chi connectivity index (χ2v) is 4.71. The predicted octanol–water partition coefficient (Wildman–Crippen LogP) is 2.65. The highest BCUT2D eigenvalue weighted by Gasteiger charge is 2.14. The molecule has 1 N–H and O–H groups in total. The van der Waals surface area contributed by atoms with E-state index in [-0.39, 0.29) is 5.91 Å². The summed E-state index contributed by atoms with van der Waals surface area (Å²) in [5.41, 5.74) is 2.43. The van der Waals surface area contributed by atoms with Crippen LogP contribution in [0.4, 0.5) is 5.69 Å². The van der Waals surface area contributed by atoms with E-state index in [0.29, 0.717) is 11.3 Å². The van der Waals surface area contributed by atoms with Gasteiger partial charge in [0, 0.05) is 36.9 Å². The zero-order valence-corrected chi connectivity index (χ0v) is 11.5. The Morgan fingerprint density at radius 1 is 1.30 bits per heavy atom. The highest BCUT2D eigenvalue weighted by Crippen LogP contribution is 2.21. The lowest BCUT2D eigenvalue weighted by atomic mass is 10.1. The monoisotopic (exact) mass is 268 g/mol. The lowest BCUT2D eigenvalue weighted by Crippen LogP contribution is -2.11. The summed E-state index contributed by atoms with van der Waals surface area (Å²) in [6.07, 6.45) is 5.33. The Hall–Kier alpha value is -2.56. The van der Waals surface area contributed by atoms with Crippen LogP contribution in [0, 0.1) is 0 Å². The second-order valence-electron chi connectivity index (χ2n) is 4.71. The average Bonchev–Trinajstić information content (AvgIpc) is 3.04. The minimum absolute atomic E-state index is 0.113. The fourth-order valence-electron chi connectivity index (χ4n) is 2.32. The summed E-state index contributed by atoms with van der Waals surface area (Å²) < 4.78 is 3.73. The van der Waals surface area contributed by atoms with E-state index in [1.165, 1.54) is 0 Å². The highest BCUT2D eigenvalue weighted by molar-refractivity contribution is 6.12. The maximum Gasteiger partial charge on any atom is 0.257 e. The topological polar surface area (TPSA) is 51.9 Å². The van der Waals surface area contributed by atoms with Crippen LogP contribution in [0.3, 0.4) is 0 Å². The Kier molecular flexibility index (Phi) is 3.02. The zero-order chi connectivity index (χ0) is 14.1. The Morgan fingerprint density at radius 2 is 2.10 bits per heavy atom. The molecule has 0 aliphatic heterocycles. The summed E-state index contributed by atoms with van der Waals surface area (Å²) in [4.78, 5) is 12.4. The quantitative estimate of drug-likeness (QED) is 0.794. The van der Waals surface area contributed by atoms with Gasteiger partial charge in [-0.05, 0) is 13.0 Å². The van der Waals surface area contributed by atoms with Crippen molar-refractivity contribution in [3.05, 3.63) is 48.4 Å². The third kappa shape index (κ3) is 2.07. The molecule has 0 unspecified atom stereocenters. The van der Waals surface area contributed by atoms with Gasteiger partial charge in [0.1, 0.15) is 0 Å². The van der Waals surface area contributed by atoms with Crippen molar-refractivity contribution in [3.63, 3.8) is 0 Å². The number of nitrogens with one attached hydrogen (secondary N) is 1. The third-order valence-electron chi connectivity index (χ3n) is 3.36. The van der Waals surface area contributed by atoms with Crippen LogP contribution in [0.25, 0.3) is 10.9 Å². The Bertz CT molecular complexity index is 769. The molecule has 0 aliphatic rings. The first-order valence-corrected chi connectivity index (χ1v) is 6.57. The molecule has 1 aromatic carbocycles. The van der Waals surface area contributed by atoms with Gasteiger partial charge in [-0.1, -0.05) is 18.2 Å². The van der Waals surface area contributed by atoms with Crippen molar-refractivity contribution in [1.82, 2.24) is 14.3 Å². The van der Waals surface area contributed by atoms with E-state index in [9.17, 15) is 4.79 Å². The highest BCUT2D eigenvalue weighted by atomic mass is 16.1. The van der Waals surface area contributed by atoms with Gasteiger partial charge in [0.05, 0.1) is 17.4 Å². The largest absolute Gasteiger partial charge is 0.350 e.